The number of nitrogens with one attached hydrogen (secondary N) is 1. The Labute approximate surface area is 181 Å². The molecule has 0 unspecified atom stereocenters. The maximum absolute atomic E-state index is 12.4. The number of carboxylic acid groups (broad SMARTS) is 1. The third-order valence-electron chi connectivity index (χ3n) is 4.95. The topological polar surface area (TPSA) is 108 Å². The van der Waals surface area contributed by atoms with Crippen LogP contribution in [0.15, 0.2) is 48.5 Å². The molecule has 2 aromatic rings. The first-order chi connectivity index (χ1) is 14.9. The van der Waals surface area contributed by atoms with Crippen LogP contribution in [0.1, 0.15) is 30.1 Å². The number of unbranched alkanes of at least 4 members (excludes halogenated alkanes) is 1. The number of likely N-dealkylation sites (tertiary alicyclic amines) is 1. The molecule has 0 spiro atoms. The van der Waals surface area contributed by atoms with Gasteiger partial charge >= 0.3 is 5.97 Å². The highest BCUT2D eigenvalue weighted by atomic mass is 16.5. The molecule has 3 rings (SSSR count). The molecule has 1 aliphatic rings. The average molecular weight is 428 g/mol. The highest BCUT2D eigenvalue weighted by Crippen LogP contribution is 2.21. The van der Waals surface area contributed by atoms with Crippen LogP contribution in [0.4, 0.5) is 5.69 Å². The van der Waals surface area contributed by atoms with Crippen LogP contribution in [0.2, 0.25) is 0 Å². The van der Waals surface area contributed by atoms with E-state index < -0.39 is 18.2 Å². The maximum Gasteiger partial charge on any atom is 0.335 e. The van der Waals surface area contributed by atoms with E-state index in [0.29, 0.717) is 31.1 Å². The Morgan fingerprint density at radius 3 is 2.61 bits per heavy atom. The second kappa shape index (κ2) is 10.8. The lowest BCUT2D eigenvalue weighted by Gasteiger charge is -2.17. The van der Waals surface area contributed by atoms with Gasteiger partial charge in [0.05, 0.1) is 18.7 Å². The summed E-state index contributed by atoms with van der Waals surface area (Å²) in [6.45, 7) is 3.54. The average Bonchev–Trinajstić information content (AvgIpc) is 3.08. The smallest absolute Gasteiger partial charge is 0.335 e. The molecule has 0 bridgehead atoms. The molecule has 0 aliphatic carbocycles. The lowest BCUT2D eigenvalue weighted by atomic mass is 10.2. The van der Waals surface area contributed by atoms with Crippen molar-refractivity contribution in [2.24, 2.45) is 0 Å². The zero-order valence-corrected chi connectivity index (χ0v) is 17.5. The quantitative estimate of drug-likeness (QED) is 0.499. The minimum atomic E-state index is -1.05. The molecule has 3 N–H and O–H groups in total. The number of aromatic carboxylic acids is 1. The van der Waals surface area contributed by atoms with E-state index in [-0.39, 0.29) is 18.0 Å². The summed E-state index contributed by atoms with van der Waals surface area (Å²) < 4.78 is 11.4. The van der Waals surface area contributed by atoms with Crippen LogP contribution < -0.4 is 14.8 Å². The number of carbonyl (C=O) groups is 2. The van der Waals surface area contributed by atoms with E-state index in [2.05, 4.69) is 12.2 Å². The van der Waals surface area contributed by atoms with Crippen molar-refractivity contribution in [3.63, 3.8) is 0 Å². The molecule has 8 heteroatoms. The van der Waals surface area contributed by atoms with Crippen molar-refractivity contribution in [3.05, 3.63) is 54.1 Å². The van der Waals surface area contributed by atoms with Crippen molar-refractivity contribution in [2.75, 3.05) is 31.6 Å². The van der Waals surface area contributed by atoms with Crippen molar-refractivity contribution in [2.45, 2.75) is 32.0 Å². The Kier molecular flexibility index (Phi) is 7.86. The van der Waals surface area contributed by atoms with Gasteiger partial charge in [0, 0.05) is 18.8 Å². The fourth-order valence-electron chi connectivity index (χ4n) is 3.33. The van der Waals surface area contributed by atoms with Gasteiger partial charge in [-0.3, -0.25) is 9.69 Å². The minimum absolute atomic E-state index is 0.112. The Morgan fingerprint density at radius 2 is 1.90 bits per heavy atom. The molecule has 2 aromatic carbocycles. The van der Waals surface area contributed by atoms with E-state index in [9.17, 15) is 14.7 Å². The van der Waals surface area contributed by atoms with Gasteiger partial charge < -0.3 is 25.0 Å². The number of aliphatic hydroxyl groups is 1. The summed E-state index contributed by atoms with van der Waals surface area (Å²) in [5, 5.41) is 22.2. The van der Waals surface area contributed by atoms with Gasteiger partial charge in [-0.15, -0.1) is 0 Å². The first kappa shape index (κ1) is 22.6. The number of β-amino-alcohol motifs (C(OH)–C–C–N with tert-alkyl or cyclic N) is 1. The Hall–Kier alpha value is -3.10. The number of rotatable bonds is 10. The Morgan fingerprint density at radius 1 is 1.13 bits per heavy atom. The van der Waals surface area contributed by atoms with Crippen molar-refractivity contribution < 1.29 is 29.3 Å². The molecule has 166 valence electrons. The van der Waals surface area contributed by atoms with Gasteiger partial charge in [0.2, 0.25) is 5.91 Å². The number of hydrogen-bond donors (Lipinski definition) is 3. The van der Waals surface area contributed by atoms with Gasteiger partial charge in [-0.1, -0.05) is 19.4 Å². The first-order valence-corrected chi connectivity index (χ1v) is 10.4. The lowest BCUT2D eigenvalue weighted by molar-refractivity contribution is -0.117. The lowest BCUT2D eigenvalue weighted by Crippen LogP contribution is -2.33. The number of anilines is 1. The number of benzene rings is 2. The van der Waals surface area contributed by atoms with Crippen molar-refractivity contribution in [1.29, 1.82) is 0 Å². The van der Waals surface area contributed by atoms with Crippen molar-refractivity contribution >= 4 is 17.6 Å². The zero-order chi connectivity index (χ0) is 22.2. The summed E-state index contributed by atoms with van der Waals surface area (Å²) >= 11 is 0. The number of hydrogen-bond acceptors (Lipinski definition) is 6. The van der Waals surface area contributed by atoms with Crippen molar-refractivity contribution in [1.82, 2.24) is 4.90 Å². The summed E-state index contributed by atoms with van der Waals surface area (Å²) in [4.78, 5) is 25.3. The summed E-state index contributed by atoms with van der Waals surface area (Å²) in [6, 6.07) is 13.3. The van der Waals surface area contributed by atoms with Crippen LogP contribution in [0.5, 0.6) is 11.5 Å². The van der Waals surface area contributed by atoms with E-state index >= 15 is 0 Å². The molecule has 1 fully saturated rings. The largest absolute Gasteiger partial charge is 0.494 e. The molecule has 1 heterocycles. The molecule has 1 amide bonds. The second-order valence-corrected chi connectivity index (χ2v) is 7.53. The molecular formula is C23H28N2O6. The summed E-state index contributed by atoms with van der Waals surface area (Å²) in [5.74, 6) is -0.103. The van der Waals surface area contributed by atoms with Crippen LogP contribution in [-0.4, -0.2) is 65.4 Å². The number of carboxylic acids is 1. The minimum Gasteiger partial charge on any atom is -0.494 e. The number of nitrogens with zero attached hydrogens (tertiary/aromatic N) is 1. The Balaban J connectivity index is 1.48. The fraction of sp³-hybridized carbons (Fsp3) is 0.391. The zero-order valence-electron chi connectivity index (χ0n) is 17.5. The molecular weight excluding hydrogens is 400 g/mol. The molecule has 31 heavy (non-hydrogen) atoms. The summed E-state index contributed by atoms with van der Waals surface area (Å²) in [5.41, 5.74) is 0.786. The van der Waals surface area contributed by atoms with Gasteiger partial charge in [-0.05, 0) is 48.9 Å². The van der Waals surface area contributed by atoms with Gasteiger partial charge in [0.15, 0.2) is 0 Å². The monoisotopic (exact) mass is 428 g/mol. The predicted octanol–water partition coefficient (Wildman–Crippen LogP) is 2.63. The molecule has 2 atom stereocenters. The first-order valence-electron chi connectivity index (χ1n) is 10.4. The van der Waals surface area contributed by atoms with Gasteiger partial charge in [-0.2, -0.15) is 0 Å². The third-order valence-corrected chi connectivity index (χ3v) is 4.95. The summed E-state index contributed by atoms with van der Waals surface area (Å²) in [6.07, 6.45) is 0.743. The molecule has 8 nitrogen and oxygen atoms in total. The van der Waals surface area contributed by atoms with Crippen LogP contribution in [-0.2, 0) is 4.79 Å². The Bertz CT molecular complexity index is 886. The summed E-state index contributed by atoms with van der Waals surface area (Å²) in [7, 11) is 0. The highest BCUT2D eigenvalue weighted by molar-refractivity contribution is 5.92. The number of aliphatic hydroxyl groups excluding tert-OH is 1. The predicted molar refractivity (Wildman–Crippen MR) is 116 cm³/mol. The van der Waals surface area contributed by atoms with E-state index in [1.807, 2.05) is 12.1 Å². The molecule has 0 aromatic heterocycles. The van der Waals surface area contributed by atoms with E-state index in [1.54, 1.807) is 29.2 Å². The van der Waals surface area contributed by atoms with Gasteiger partial charge in [0.1, 0.15) is 23.7 Å². The molecule has 0 radical (unpaired) electrons. The van der Waals surface area contributed by atoms with Crippen LogP contribution in [0.25, 0.3) is 0 Å². The number of ether oxygens (including phenoxy) is 2. The SMILES string of the molecule is CCCCOc1ccc(NC(=O)CN2C[C@@H](O)[C@H](Oc3cccc(C(=O)O)c3)C2)cc1. The van der Waals surface area contributed by atoms with Crippen LogP contribution in [0, 0.1) is 0 Å². The van der Waals surface area contributed by atoms with Crippen LogP contribution >= 0.6 is 0 Å². The van der Waals surface area contributed by atoms with Gasteiger partial charge in [0.25, 0.3) is 0 Å². The fourth-order valence-corrected chi connectivity index (χ4v) is 3.33. The molecule has 1 aliphatic heterocycles. The molecule has 0 saturated carbocycles. The third kappa shape index (κ3) is 6.70. The number of amides is 1. The normalized spacial score (nSPS) is 18.5. The van der Waals surface area contributed by atoms with E-state index in [0.717, 1.165) is 18.6 Å². The molecule has 1 saturated heterocycles. The van der Waals surface area contributed by atoms with E-state index in [4.69, 9.17) is 14.6 Å². The van der Waals surface area contributed by atoms with Crippen LogP contribution in [0.3, 0.4) is 0 Å². The second-order valence-electron chi connectivity index (χ2n) is 7.53. The van der Waals surface area contributed by atoms with Gasteiger partial charge in [-0.25, -0.2) is 4.79 Å². The highest BCUT2D eigenvalue weighted by Gasteiger charge is 2.34. The maximum atomic E-state index is 12.4. The standard InChI is InChI=1S/C23H28N2O6/c1-2-3-11-30-18-9-7-17(8-10-18)24-22(27)15-25-13-20(26)21(14-25)31-19-6-4-5-16(12-19)23(28)29/h4-10,12,20-21,26H,2-3,11,13-15H2,1H3,(H,24,27)(H,28,29)/t20-,21-/m1/s1. The number of carbonyl (C=O) groups excluding carboxylic acids is 1. The van der Waals surface area contributed by atoms with Crippen molar-refractivity contribution in [3.8, 4) is 11.5 Å². The van der Waals surface area contributed by atoms with E-state index in [1.165, 1.54) is 12.1 Å².